The predicted octanol–water partition coefficient (Wildman–Crippen LogP) is 3.15. The summed E-state index contributed by atoms with van der Waals surface area (Å²) in [5, 5.41) is 11.5. The number of amides is 1. The molecule has 2 aromatic carbocycles. The van der Waals surface area contributed by atoms with E-state index in [9.17, 15) is 9.18 Å². The second kappa shape index (κ2) is 5.63. The summed E-state index contributed by atoms with van der Waals surface area (Å²) in [6.07, 6.45) is 0. The zero-order chi connectivity index (χ0) is 15.6. The van der Waals surface area contributed by atoms with Gasteiger partial charge in [-0.2, -0.15) is 5.26 Å². The van der Waals surface area contributed by atoms with E-state index in [0.29, 0.717) is 11.3 Å². The number of nitriles is 1. The largest absolute Gasteiger partial charge is 0.399 e. The van der Waals surface area contributed by atoms with E-state index in [4.69, 9.17) is 11.0 Å². The zero-order valence-corrected chi connectivity index (χ0v) is 11.7. The molecule has 0 spiro atoms. The van der Waals surface area contributed by atoms with E-state index in [1.54, 1.807) is 32.0 Å². The Hall–Kier alpha value is -2.87. The maximum atomic E-state index is 13.7. The molecule has 2 rings (SSSR count). The minimum absolute atomic E-state index is 0.155. The lowest BCUT2D eigenvalue weighted by molar-refractivity contribution is 0.102. The highest BCUT2D eigenvalue weighted by Crippen LogP contribution is 2.22. The molecule has 3 N–H and O–H groups in total. The van der Waals surface area contributed by atoms with Gasteiger partial charge in [0, 0.05) is 22.5 Å². The molecule has 0 heterocycles. The molecule has 21 heavy (non-hydrogen) atoms. The van der Waals surface area contributed by atoms with Gasteiger partial charge in [0.15, 0.2) is 0 Å². The molecule has 0 aliphatic heterocycles. The highest BCUT2D eigenvalue weighted by Gasteiger charge is 2.12. The van der Waals surface area contributed by atoms with Crippen LogP contribution in [0.25, 0.3) is 0 Å². The van der Waals surface area contributed by atoms with E-state index < -0.39 is 5.82 Å². The number of rotatable bonds is 2. The van der Waals surface area contributed by atoms with Gasteiger partial charge in [0.25, 0.3) is 5.91 Å². The number of halogens is 1. The first-order valence-corrected chi connectivity index (χ1v) is 6.30. The molecule has 0 saturated heterocycles. The normalized spacial score (nSPS) is 10.0. The number of hydrogen-bond acceptors (Lipinski definition) is 3. The third-order valence-electron chi connectivity index (χ3n) is 3.25. The van der Waals surface area contributed by atoms with Crippen molar-refractivity contribution in [2.75, 3.05) is 11.1 Å². The molecule has 0 unspecified atom stereocenters. The van der Waals surface area contributed by atoms with E-state index >= 15 is 0 Å². The molecular formula is C16H14FN3O. The average molecular weight is 283 g/mol. The van der Waals surface area contributed by atoms with E-state index in [2.05, 4.69) is 5.32 Å². The van der Waals surface area contributed by atoms with Crippen LogP contribution in [0.2, 0.25) is 0 Å². The lowest BCUT2D eigenvalue weighted by Gasteiger charge is -2.10. The number of hydrogen-bond donors (Lipinski definition) is 2. The Morgan fingerprint density at radius 2 is 2.00 bits per heavy atom. The molecule has 0 radical (unpaired) electrons. The van der Waals surface area contributed by atoms with Crippen LogP contribution in [-0.2, 0) is 0 Å². The lowest BCUT2D eigenvalue weighted by atomic mass is 10.1. The fraction of sp³-hybridized carbons (Fsp3) is 0.125. The van der Waals surface area contributed by atoms with Crippen LogP contribution in [0.5, 0.6) is 0 Å². The van der Waals surface area contributed by atoms with Crippen LogP contribution < -0.4 is 11.1 Å². The molecule has 0 fully saturated rings. The van der Waals surface area contributed by atoms with Crippen LogP contribution in [-0.4, -0.2) is 5.91 Å². The Kier molecular flexibility index (Phi) is 3.90. The Bertz CT molecular complexity index is 763. The average Bonchev–Trinajstić information content (AvgIpc) is 2.46. The van der Waals surface area contributed by atoms with Crippen LogP contribution >= 0.6 is 0 Å². The van der Waals surface area contributed by atoms with E-state index in [1.807, 2.05) is 6.07 Å². The highest BCUT2D eigenvalue weighted by atomic mass is 19.1. The zero-order valence-electron chi connectivity index (χ0n) is 11.7. The van der Waals surface area contributed by atoms with Crippen molar-refractivity contribution in [1.29, 1.82) is 5.26 Å². The Morgan fingerprint density at radius 1 is 1.29 bits per heavy atom. The molecule has 2 aromatic rings. The van der Waals surface area contributed by atoms with Gasteiger partial charge in [-0.3, -0.25) is 4.79 Å². The van der Waals surface area contributed by atoms with Crippen LogP contribution in [0.1, 0.15) is 27.0 Å². The summed E-state index contributed by atoms with van der Waals surface area (Å²) in [5.41, 5.74) is 8.24. The standard InChI is InChI=1S/C16H14FN3O/c1-9-5-12(3-4-14(9)19)16(21)20-15-7-11(8-18)6-13(17)10(15)2/h3-7H,19H2,1-2H3,(H,20,21). The summed E-state index contributed by atoms with van der Waals surface area (Å²) in [7, 11) is 0. The predicted molar refractivity (Wildman–Crippen MR) is 79.4 cm³/mol. The number of nitrogens with two attached hydrogens (primary N) is 1. The van der Waals surface area contributed by atoms with Crippen molar-refractivity contribution in [3.8, 4) is 6.07 Å². The summed E-state index contributed by atoms with van der Waals surface area (Å²) in [5.74, 6) is -0.909. The lowest BCUT2D eigenvalue weighted by Crippen LogP contribution is -2.14. The summed E-state index contributed by atoms with van der Waals surface area (Å²) >= 11 is 0. The van der Waals surface area contributed by atoms with Crippen molar-refractivity contribution >= 4 is 17.3 Å². The minimum atomic E-state index is -0.530. The number of nitrogens with zero attached hydrogens (tertiary/aromatic N) is 1. The van der Waals surface area contributed by atoms with Gasteiger partial charge >= 0.3 is 0 Å². The topological polar surface area (TPSA) is 78.9 Å². The number of anilines is 2. The van der Waals surface area contributed by atoms with Crippen molar-refractivity contribution in [2.24, 2.45) is 0 Å². The van der Waals surface area contributed by atoms with Crippen molar-refractivity contribution < 1.29 is 9.18 Å². The fourth-order valence-electron chi connectivity index (χ4n) is 1.88. The molecule has 0 aliphatic rings. The van der Waals surface area contributed by atoms with Gasteiger partial charge in [0.1, 0.15) is 5.82 Å². The first-order chi connectivity index (χ1) is 9.92. The number of nitrogens with one attached hydrogen (secondary N) is 1. The second-order valence-electron chi connectivity index (χ2n) is 4.77. The summed E-state index contributed by atoms with van der Waals surface area (Å²) < 4.78 is 13.7. The maximum absolute atomic E-state index is 13.7. The number of carbonyl (C=O) groups excluding carboxylic acids is 1. The number of benzene rings is 2. The third kappa shape index (κ3) is 3.00. The molecule has 0 saturated carbocycles. The first kappa shape index (κ1) is 14.5. The molecule has 5 heteroatoms. The SMILES string of the molecule is Cc1cc(C(=O)Nc2cc(C#N)cc(F)c2C)ccc1N. The number of nitrogen functional groups attached to an aromatic ring is 1. The van der Waals surface area contributed by atoms with Crippen molar-refractivity contribution in [2.45, 2.75) is 13.8 Å². The Balaban J connectivity index is 2.33. The summed E-state index contributed by atoms with van der Waals surface area (Å²) in [4.78, 5) is 12.2. The van der Waals surface area contributed by atoms with Crippen LogP contribution in [0.15, 0.2) is 30.3 Å². The maximum Gasteiger partial charge on any atom is 0.255 e. The first-order valence-electron chi connectivity index (χ1n) is 6.30. The molecular weight excluding hydrogens is 269 g/mol. The number of carbonyl (C=O) groups is 1. The van der Waals surface area contributed by atoms with Gasteiger partial charge in [-0.25, -0.2) is 4.39 Å². The molecule has 0 aromatic heterocycles. The van der Waals surface area contributed by atoms with Gasteiger partial charge in [0.05, 0.1) is 11.6 Å². The fourth-order valence-corrected chi connectivity index (χ4v) is 1.88. The van der Waals surface area contributed by atoms with Gasteiger partial charge in [-0.1, -0.05) is 0 Å². The molecule has 4 nitrogen and oxygen atoms in total. The van der Waals surface area contributed by atoms with Crippen LogP contribution in [0, 0.1) is 31.0 Å². The highest BCUT2D eigenvalue weighted by molar-refractivity contribution is 6.05. The third-order valence-corrected chi connectivity index (χ3v) is 3.25. The monoisotopic (exact) mass is 283 g/mol. The van der Waals surface area contributed by atoms with Crippen LogP contribution in [0.4, 0.5) is 15.8 Å². The summed E-state index contributed by atoms with van der Waals surface area (Å²) in [6.45, 7) is 3.34. The Labute approximate surface area is 122 Å². The molecule has 106 valence electrons. The number of aryl methyl sites for hydroxylation is 1. The molecule has 0 bridgehead atoms. The van der Waals surface area contributed by atoms with E-state index in [-0.39, 0.29) is 22.7 Å². The van der Waals surface area contributed by atoms with Crippen LogP contribution in [0.3, 0.4) is 0 Å². The second-order valence-corrected chi connectivity index (χ2v) is 4.77. The molecule has 1 amide bonds. The van der Waals surface area contributed by atoms with Crippen molar-refractivity contribution in [3.63, 3.8) is 0 Å². The minimum Gasteiger partial charge on any atom is -0.399 e. The quantitative estimate of drug-likeness (QED) is 0.831. The summed E-state index contributed by atoms with van der Waals surface area (Å²) in [6, 6.07) is 9.33. The van der Waals surface area contributed by atoms with Crippen molar-refractivity contribution in [1.82, 2.24) is 0 Å². The molecule has 0 aliphatic carbocycles. The van der Waals surface area contributed by atoms with E-state index in [1.165, 1.54) is 6.07 Å². The van der Waals surface area contributed by atoms with Gasteiger partial charge in [-0.15, -0.1) is 0 Å². The molecule has 0 atom stereocenters. The van der Waals surface area contributed by atoms with E-state index in [0.717, 1.165) is 11.6 Å². The van der Waals surface area contributed by atoms with Crippen molar-refractivity contribution in [3.05, 3.63) is 58.4 Å². The Morgan fingerprint density at radius 3 is 2.62 bits per heavy atom. The van der Waals surface area contributed by atoms with Gasteiger partial charge < -0.3 is 11.1 Å². The van der Waals surface area contributed by atoms with Gasteiger partial charge in [0.2, 0.25) is 0 Å². The smallest absolute Gasteiger partial charge is 0.255 e. The van der Waals surface area contributed by atoms with Gasteiger partial charge in [-0.05, 0) is 49.7 Å².